The van der Waals surface area contributed by atoms with E-state index in [1.54, 1.807) is 0 Å². The number of hydrogen-bond donors (Lipinski definition) is 2. The van der Waals surface area contributed by atoms with Crippen molar-refractivity contribution in [3.8, 4) is 5.75 Å². The number of carbonyl (C=O) groups is 1. The Labute approximate surface area is 126 Å². The Balaban J connectivity index is 1.93. The Kier molecular flexibility index (Phi) is 5.07. The Bertz CT molecular complexity index is 617. The Hall–Kier alpha value is -2.02. The van der Waals surface area contributed by atoms with E-state index < -0.39 is 34.7 Å². The number of benzene rings is 1. The van der Waals surface area contributed by atoms with Crippen molar-refractivity contribution in [2.45, 2.75) is 13.3 Å². The molecule has 0 aromatic heterocycles. The molecule has 0 bridgehead atoms. The third-order valence-electron chi connectivity index (χ3n) is 3.61. The van der Waals surface area contributed by atoms with Gasteiger partial charge in [-0.1, -0.05) is 11.6 Å². The van der Waals surface area contributed by atoms with Gasteiger partial charge < -0.3 is 10.4 Å². The summed E-state index contributed by atoms with van der Waals surface area (Å²) in [6.45, 7) is 4.51. The summed E-state index contributed by atoms with van der Waals surface area (Å²) >= 11 is 0. The lowest BCUT2D eigenvalue weighted by Gasteiger charge is -2.25. The lowest BCUT2D eigenvalue weighted by Crippen LogP contribution is -2.37. The smallest absolute Gasteiger partial charge is 0.254 e. The standard InChI is InChI=1S/C15H17F3N2O2/c1-9-2-5-20(6-3-9)7-4-19-15(22)10-8-11(16)13(18)14(21)12(10)17/h2,8,21H,3-7H2,1H3,(H,19,22). The number of carbonyl (C=O) groups excluding carboxylic acids is 1. The van der Waals surface area contributed by atoms with Crippen molar-refractivity contribution in [3.63, 3.8) is 0 Å². The van der Waals surface area contributed by atoms with Crippen molar-refractivity contribution >= 4 is 5.91 Å². The van der Waals surface area contributed by atoms with Crippen LogP contribution in [0, 0.1) is 17.5 Å². The first kappa shape index (κ1) is 16.4. The quantitative estimate of drug-likeness (QED) is 0.662. The number of halogens is 3. The molecule has 0 fully saturated rings. The van der Waals surface area contributed by atoms with E-state index in [1.165, 1.54) is 5.57 Å². The van der Waals surface area contributed by atoms with Crippen LogP contribution in [0.2, 0.25) is 0 Å². The highest BCUT2D eigenvalue weighted by atomic mass is 19.2. The Morgan fingerprint density at radius 1 is 1.36 bits per heavy atom. The second kappa shape index (κ2) is 6.83. The van der Waals surface area contributed by atoms with Crippen molar-refractivity contribution in [2.24, 2.45) is 0 Å². The fourth-order valence-corrected chi connectivity index (χ4v) is 2.19. The van der Waals surface area contributed by atoms with Crippen LogP contribution in [0.25, 0.3) is 0 Å². The molecule has 2 rings (SSSR count). The van der Waals surface area contributed by atoms with Gasteiger partial charge in [-0.05, 0) is 19.4 Å². The molecule has 4 nitrogen and oxygen atoms in total. The molecule has 0 aliphatic carbocycles. The van der Waals surface area contributed by atoms with Crippen molar-refractivity contribution in [1.29, 1.82) is 0 Å². The lowest BCUT2D eigenvalue weighted by atomic mass is 10.1. The summed E-state index contributed by atoms with van der Waals surface area (Å²) in [5.74, 6) is -7.02. The number of hydrogen-bond acceptors (Lipinski definition) is 3. The van der Waals surface area contributed by atoms with Gasteiger partial charge in [0, 0.05) is 26.2 Å². The Morgan fingerprint density at radius 2 is 2.09 bits per heavy atom. The average molecular weight is 314 g/mol. The predicted molar refractivity (Wildman–Crippen MR) is 75.1 cm³/mol. The van der Waals surface area contributed by atoms with Crippen LogP contribution in [-0.2, 0) is 0 Å². The molecule has 0 unspecified atom stereocenters. The molecule has 1 aromatic rings. The summed E-state index contributed by atoms with van der Waals surface area (Å²) in [7, 11) is 0. The van der Waals surface area contributed by atoms with Crippen LogP contribution in [0.3, 0.4) is 0 Å². The number of phenols is 1. The van der Waals surface area contributed by atoms with Gasteiger partial charge in [-0.15, -0.1) is 0 Å². The summed E-state index contributed by atoms with van der Waals surface area (Å²) in [5.41, 5.74) is 0.602. The maximum atomic E-state index is 13.6. The van der Waals surface area contributed by atoms with Gasteiger partial charge in [0.2, 0.25) is 5.82 Å². The van der Waals surface area contributed by atoms with Crippen molar-refractivity contribution < 1.29 is 23.1 Å². The molecule has 1 heterocycles. The van der Waals surface area contributed by atoms with E-state index in [2.05, 4.69) is 23.2 Å². The second-order valence-corrected chi connectivity index (χ2v) is 5.24. The number of aromatic hydroxyl groups is 1. The first-order valence-electron chi connectivity index (χ1n) is 6.92. The molecule has 2 N–H and O–H groups in total. The third kappa shape index (κ3) is 3.59. The Morgan fingerprint density at radius 3 is 2.73 bits per heavy atom. The fraction of sp³-hybridized carbons (Fsp3) is 0.400. The van der Waals surface area contributed by atoms with E-state index in [4.69, 9.17) is 5.11 Å². The fourth-order valence-electron chi connectivity index (χ4n) is 2.19. The number of rotatable bonds is 4. The first-order chi connectivity index (χ1) is 10.4. The minimum Gasteiger partial charge on any atom is -0.503 e. The molecule has 22 heavy (non-hydrogen) atoms. The molecule has 0 saturated heterocycles. The van der Waals surface area contributed by atoms with Gasteiger partial charge >= 0.3 is 0 Å². The summed E-state index contributed by atoms with van der Waals surface area (Å²) in [4.78, 5) is 13.9. The number of nitrogens with one attached hydrogen (secondary N) is 1. The average Bonchev–Trinajstić information content (AvgIpc) is 2.50. The van der Waals surface area contributed by atoms with E-state index in [-0.39, 0.29) is 6.54 Å². The van der Waals surface area contributed by atoms with Gasteiger partial charge in [-0.3, -0.25) is 9.69 Å². The van der Waals surface area contributed by atoms with Crippen molar-refractivity contribution in [3.05, 3.63) is 40.7 Å². The van der Waals surface area contributed by atoms with E-state index >= 15 is 0 Å². The van der Waals surface area contributed by atoms with E-state index in [0.717, 1.165) is 19.5 Å². The molecule has 0 spiro atoms. The molecule has 7 heteroatoms. The molecular weight excluding hydrogens is 297 g/mol. The van der Waals surface area contributed by atoms with Gasteiger partial charge in [0.25, 0.3) is 5.91 Å². The van der Waals surface area contributed by atoms with Gasteiger partial charge in [-0.2, -0.15) is 4.39 Å². The summed E-state index contributed by atoms with van der Waals surface area (Å²) in [5, 5.41) is 11.5. The summed E-state index contributed by atoms with van der Waals surface area (Å²) in [6.07, 6.45) is 3.05. The topological polar surface area (TPSA) is 52.6 Å². The van der Waals surface area contributed by atoms with Crippen LogP contribution in [0.15, 0.2) is 17.7 Å². The number of phenolic OH excluding ortho intramolecular Hbond substituents is 1. The SMILES string of the molecule is CC1=CCN(CCNC(=O)c2cc(F)c(F)c(O)c2F)CC1. The van der Waals surface area contributed by atoms with Crippen molar-refractivity contribution in [2.75, 3.05) is 26.2 Å². The highest BCUT2D eigenvalue weighted by Crippen LogP contribution is 2.25. The molecule has 1 aromatic carbocycles. The van der Waals surface area contributed by atoms with Crippen LogP contribution in [0.4, 0.5) is 13.2 Å². The maximum absolute atomic E-state index is 13.6. The molecule has 0 atom stereocenters. The monoisotopic (exact) mass is 314 g/mol. The zero-order chi connectivity index (χ0) is 16.3. The molecule has 1 aliphatic rings. The molecule has 1 amide bonds. The molecule has 120 valence electrons. The van der Waals surface area contributed by atoms with Gasteiger partial charge in [0.15, 0.2) is 17.4 Å². The van der Waals surface area contributed by atoms with Crippen LogP contribution in [-0.4, -0.2) is 42.1 Å². The van der Waals surface area contributed by atoms with E-state index in [9.17, 15) is 18.0 Å². The molecule has 0 radical (unpaired) electrons. The van der Waals surface area contributed by atoms with Crippen LogP contribution < -0.4 is 5.32 Å². The van der Waals surface area contributed by atoms with Crippen LogP contribution in [0.1, 0.15) is 23.7 Å². The minimum atomic E-state index is -1.70. The van der Waals surface area contributed by atoms with Gasteiger partial charge in [0.1, 0.15) is 0 Å². The lowest BCUT2D eigenvalue weighted by molar-refractivity contribution is 0.0943. The normalized spacial score (nSPS) is 15.5. The van der Waals surface area contributed by atoms with Crippen molar-refractivity contribution in [1.82, 2.24) is 10.2 Å². The highest BCUT2D eigenvalue weighted by molar-refractivity contribution is 5.94. The van der Waals surface area contributed by atoms with E-state index in [1.807, 2.05) is 0 Å². The second-order valence-electron chi connectivity index (χ2n) is 5.24. The number of amides is 1. The van der Waals surface area contributed by atoms with Crippen LogP contribution in [0.5, 0.6) is 5.75 Å². The first-order valence-corrected chi connectivity index (χ1v) is 6.92. The summed E-state index contributed by atoms with van der Waals surface area (Å²) < 4.78 is 39.7. The zero-order valence-electron chi connectivity index (χ0n) is 12.1. The largest absolute Gasteiger partial charge is 0.503 e. The van der Waals surface area contributed by atoms with Gasteiger partial charge in [0.05, 0.1) is 5.56 Å². The predicted octanol–water partition coefficient (Wildman–Crippen LogP) is 2.19. The number of nitrogens with zero attached hydrogens (tertiary/aromatic N) is 1. The zero-order valence-corrected chi connectivity index (χ0v) is 12.1. The van der Waals surface area contributed by atoms with Gasteiger partial charge in [-0.25, -0.2) is 8.78 Å². The summed E-state index contributed by atoms with van der Waals surface area (Å²) in [6, 6.07) is 0.437. The molecular formula is C15H17F3N2O2. The molecule has 1 aliphatic heterocycles. The molecule has 0 saturated carbocycles. The van der Waals surface area contributed by atoms with Crippen LogP contribution >= 0.6 is 0 Å². The maximum Gasteiger partial charge on any atom is 0.254 e. The highest BCUT2D eigenvalue weighted by Gasteiger charge is 2.22. The third-order valence-corrected chi connectivity index (χ3v) is 3.61. The van der Waals surface area contributed by atoms with E-state index in [0.29, 0.717) is 12.6 Å². The minimum absolute atomic E-state index is 0.241.